The molecular weight excluding hydrogens is 1020 g/mol. The molecule has 0 amide bonds. The zero-order chi connectivity index (χ0) is 58.9. The summed E-state index contributed by atoms with van der Waals surface area (Å²) in [5.74, 6) is -3.25. The molecule has 460 valence electrons. The van der Waals surface area contributed by atoms with Gasteiger partial charge in [0, 0.05) is 19.3 Å². The first-order valence-corrected chi connectivity index (χ1v) is 31.9. The third kappa shape index (κ3) is 45.6. The van der Waals surface area contributed by atoms with Gasteiger partial charge in [0.1, 0.15) is 18.8 Å². The maximum atomic E-state index is 13.2. The standard InChI is InChI=1S/C69H112O12/c1-4-7-10-13-16-19-22-25-27-29-31-33-35-38-40-43-46-49-52-55-61(70)77-58-60(79-62(71)56-53-50-47-44-42-39-36-34-32-30-28-26-23-20-17-14-11-8-5-2)59-78-69-67(65(74)64(73)66(81-69)68(75)76)80-63(72)57-54-51-48-45-41-37-24-21-18-15-12-9-6-3/h7,10,16-17,19-20,25-28,31-34,38,40,46,49,60,64-67,69,73-74H,4-6,8-9,11-15,18,21-24,29-30,35-37,39,41-45,47-48,50-59H2,1-3H3,(H,75,76)/b10-7-,19-16-,20-17-,27-25-,28-26-,33-31-,34-32-,40-38-,49-46-. The van der Waals surface area contributed by atoms with Gasteiger partial charge in [-0.25, -0.2) is 4.79 Å². The van der Waals surface area contributed by atoms with Gasteiger partial charge in [-0.05, 0) is 96.3 Å². The van der Waals surface area contributed by atoms with Crippen molar-refractivity contribution < 1.29 is 58.2 Å². The average molecular weight is 1130 g/mol. The van der Waals surface area contributed by atoms with Gasteiger partial charge in [-0.2, -0.15) is 0 Å². The Hall–Kier alpha value is -4.62. The second-order valence-corrected chi connectivity index (χ2v) is 21.3. The van der Waals surface area contributed by atoms with Crippen molar-refractivity contribution in [3.63, 3.8) is 0 Å². The second-order valence-electron chi connectivity index (χ2n) is 21.3. The Kier molecular flexibility index (Phi) is 51.3. The van der Waals surface area contributed by atoms with Crippen molar-refractivity contribution in [3.8, 4) is 0 Å². The quantitative estimate of drug-likeness (QED) is 0.0228. The van der Waals surface area contributed by atoms with Crippen LogP contribution in [0, 0.1) is 0 Å². The fourth-order valence-electron chi connectivity index (χ4n) is 8.99. The van der Waals surface area contributed by atoms with Crippen LogP contribution in [0.15, 0.2) is 109 Å². The fraction of sp³-hybridized carbons (Fsp3) is 0.681. The Morgan fingerprint density at radius 2 is 0.802 bits per heavy atom. The molecule has 1 heterocycles. The number of aliphatic carboxylic acids is 1. The van der Waals surface area contributed by atoms with Gasteiger partial charge in [-0.15, -0.1) is 0 Å². The van der Waals surface area contributed by atoms with Crippen molar-refractivity contribution in [1.29, 1.82) is 0 Å². The van der Waals surface area contributed by atoms with Crippen LogP contribution in [0.4, 0.5) is 0 Å². The van der Waals surface area contributed by atoms with Crippen LogP contribution >= 0.6 is 0 Å². The summed E-state index contributed by atoms with van der Waals surface area (Å²) in [5.41, 5.74) is 0. The van der Waals surface area contributed by atoms with Gasteiger partial charge in [0.05, 0.1) is 6.61 Å². The molecule has 0 aromatic heterocycles. The summed E-state index contributed by atoms with van der Waals surface area (Å²) in [7, 11) is 0. The minimum absolute atomic E-state index is 0.0498. The van der Waals surface area contributed by atoms with Crippen molar-refractivity contribution in [2.24, 2.45) is 0 Å². The van der Waals surface area contributed by atoms with E-state index in [-0.39, 0.29) is 25.9 Å². The molecule has 81 heavy (non-hydrogen) atoms. The summed E-state index contributed by atoms with van der Waals surface area (Å²) < 4.78 is 28.4. The molecule has 0 aromatic carbocycles. The molecule has 6 unspecified atom stereocenters. The Labute approximate surface area is 491 Å². The van der Waals surface area contributed by atoms with Gasteiger partial charge in [-0.3, -0.25) is 14.4 Å². The lowest BCUT2D eigenvalue weighted by Crippen LogP contribution is -2.61. The number of esters is 3. The molecule has 0 saturated carbocycles. The largest absolute Gasteiger partial charge is 0.479 e. The minimum Gasteiger partial charge on any atom is -0.479 e. The Morgan fingerprint density at radius 1 is 0.420 bits per heavy atom. The Morgan fingerprint density at radius 3 is 1.26 bits per heavy atom. The van der Waals surface area contributed by atoms with Crippen LogP contribution in [0.2, 0.25) is 0 Å². The van der Waals surface area contributed by atoms with Gasteiger partial charge >= 0.3 is 23.9 Å². The number of aliphatic hydroxyl groups excluding tert-OH is 2. The van der Waals surface area contributed by atoms with Crippen molar-refractivity contribution in [3.05, 3.63) is 109 Å². The highest BCUT2D eigenvalue weighted by Crippen LogP contribution is 2.26. The fourth-order valence-corrected chi connectivity index (χ4v) is 8.99. The SMILES string of the molecule is CC/C=C\C/C=C\C/C=C\C/C=C\C/C=C\C/C=C\CCC(=O)OCC(COC1OC(C(=O)O)C(O)C(O)C1OC(=O)CCCCCCCCCCCCCCC)OC(=O)CCCCCCCC/C=C\C/C=C\C/C=C\CCCCC. The molecule has 12 heteroatoms. The highest BCUT2D eigenvalue weighted by atomic mass is 16.7. The molecule has 6 atom stereocenters. The lowest BCUT2D eigenvalue weighted by Gasteiger charge is -2.40. The number of hydrogen-bond donors (Lipinski definition) is 3. The number of unbranched alkanes of at least 4 members (excludes halogenated alkanes) is 21. The zero-order valence-electron chi connectivity index (χ0n) is 50.7. The van der Waals surface area contributed by atoms with Crippen molar-refractivity contribution in [2.45, 2.75) is 289 Å². The molecule has 12 nitrogen and oxygen atoms in total. The molecule has 1 aliphatic heterocycles. The van der Waals surface area contributed by atoms with E-state index in [1.165, 1.54) is 77.0 Å². The molecule has 1 saturated heterocycles. The predicted molar refractivity (Wildman–Crippen MR) is 330 cm³/mol. The van der Waals surface area contributed by atoms with Crippen LogP contribution < -0.4 is 0 Å². The van der Waals surface area contributed by atoms with Crippen molar-refractivity contribution in [1.82, 2.24) is 0 Å². The van der Waals surface area contributed by atoms with E-state index in [9.17, 15) is 34.5 Å². The van der Waals surface area contributed by atoms with Gasteiger partial charge in [0.2, 0.25) is 0 Å². The summed E-state index contributed by atoms with van der Waals surface area (Å²) >= 11 is 0. The number of ether oxygens (including phenoxy) is 5. The monoisotopic (exact) mass is 1130 g/mol. The number of aliphatic hydroxyl groups is 2. The van der Waals surface area contributed by atoms with Crippen molar-refractivity contribution in [2.75, 3.05) is 13.2 Å². The maximum Gasteiger partial charge on any atom is 0.335 e. The molecule has 0 aliphatic carbocycles. The van der Waals surface area contributed by atoms with Crippen LogP contribution in [0.3, 0.4) is 0 Å². The molecule has 0 spiro atoms. The van der Waals surface area contributed by atoms with Crippen molar-refractivity contribution >= 4 is 23.9 Å². The maximum absolute atomic E-state index is 13.2. The molecule has 1 aliphatic rings. The first-order valence-electron chi connectivity index (χ1n) is 31.9. The van der Waals surface area contributed by atoms with Gasteiger partial charge in [-0.1, -0.05) is 246 Å². The summed E-state index contributed by atoms with van der Waals surface area (Å²) in [6.07, 6.45) is 63.4. The van der Waals surface area contributed by atoms with Crippen LogP contribution in [0.1, 0.15) is 252 Å². The van der Waals surface area contributed by atoms with Crippen LogP contribution in [0.5, 0.6) is 0 Å². The lowest BCUT2D eigenvalue weighted by atomic mass is 9.98. The molecule has 1 fully saturated rings. The number of allylic oxidation sites excluding steroid dienone is 18. The highest BCUT2D eigenvalue weighted by Gasteiger charge is 2.50. The number of carboxylic acid groups (broad SMARTS) is 1. The van der Waals surface area contributed by atoms with Crippen LogP contribution in [-0.4, -0.2) is 89.2 Å². The van der Waals surface area contributed by atoms with E-state index in [0.29, 0.717) is 19.3 Å². The van der Waals surface area contributed by atoms with Crippen LogP contribution in [0.25, 0.3) is 0 Å². The van der Waals surface area contributed by atoms with E-state index in [2.05, 4.69) is 118 Å². The summed E-state index contributed by atoms with van der Waals surface area (Å²) in [4.78, 5) is 51.2. The van der Waals surface area contributed by atoms with Crippen LogP contribution in [-0.2, 0) is 42.9 Å². The lowest BCUT2D eigenvalue weighted by molar-refractivity contribution is -0.301. The first kappa shape index (κ1) is 74.4. The summed E-state index contributed by atoms with van der Waals surface area (Å²) in [6.45, 7) is 5.78. The second kappa shape index (κ2) is 55.9. The summed E-state index contributed by atoms with van der Waals surface area (Å²) in [5, 5.41) is 31.5. The van der Waals surface area contributed by atoms with E-state index < -0.39 is 67.3 Å². The molecule has 1 rings (SSSR count). The summed E-state index contributed by atoms with van der Waals surface area (Å²) in [6, 6.07) is 0. The topological polar surface area (TPSA) is 175 Å². The number of carboxylic acids is 1. The molecule has 0 aromatic rings. The van der Waals surface area contributed by atoms with Gasteiger partial charge in [0.15, 0.2) is 24.6 Å². The average Bonchev–Trinajstić information content (AvgIpc) is 3.46. The minimum atomic E-state index is -1.92. The van der Waals surface area contributed by atoms with E-state index in [4.69, 9.17) is 23.7 Å². The zero-order valence-corrected chi connectivity index (χ0v) is 50.7. The van der Waals surface area contributed by atoms with E-state index in [1.54, 1.807) is 0 Å². The number of rotatable bonds is 53. The van der Waals surface area contributed by atoms with E-state index >= 15 is 0 Å². The van der Waals surface area contributed by atoms with Gasteiger partial charge < -0.3 is 39.0 Å². The third-order valence-electron chi connectivity index (χ3n) is 13.8. The van der Waals surface area contributed by atoms with Gasteiger partial charge in [0.25, 0.3) is 0 Å². The molecule has 0 radical (unpaired) electrons. The third-order valence-corrected chi connectivity index (χ3v) is 13.8. The van der Waals surface area contributed by atoms with E-state index in [1.807, 2.05) is 12.2 Å². The Balaban J connectivity index is 2.73. The normalized spacial score (nSPS) is 18.5. The number of carbonyl (C=O) groups excluding carboxylic acids is 3. The molecular formula is C69H112O12. The molecule has 3 N–H and O–H groups in total. The highest BCUT2D eigenvalue weighted by molar-refractivity contribution is 5.74. The number of carbonyl (C=O) groups is 4. The number of hydrogen-bond acceptors (Lipinski definition) is 11. The smallest absolute Gasteiger partial charge is 0.335 e. The molecule has 0 bridgehead atoms. The Bertz CT molecular complexity index is 1820. The predicted octanol–water partition coefficient (Wildman–Crippen LogP) is 17.0. The van der Waals surface area contributed by atoms with E-state index in [0.717, 1.165) is 116 Å². The first-order chi connectivity index (χ1) is 39.6.